The third kappa shape index (κ3) is 5.11. The molecule has 2 aromatic heterocycles. The molecule has 6 aromatic rings. The highest BCUT2D eigenvalue weighted by molar-refractivity contribution is 9.10. The minimum absolute atomic E-state index is 0.266. The van der Waals surface area contributed by atoms with Crippen LogP contribution in [0.3, 0.4) is 0 Å². The predicted octanol–water partition coefficient (Wildman–Crippen LogP) is 7.70. The lowest BCUT2D eigenvalue weighted by Crippen LogP contribution is -2.20. The van der Waals surface area contributed by atoms with Crippen LogP contribution in [0, 0.1) is 0 Å². The second kappa shape index (κ2) is 11.0. The van der Waals surface area contributed by atoms with Crippen molar-refractivity contribution in [3.63, 3.8) is 0 Å². The molecular formula is C31H21BrClN3O4. The monoisotopic (exact) mass is 613 g/mol. The van der Waals surface area contributed by atoms with E-state index in [9.17, 15) is 4.79 Å². The van der Waals surface area contributed by atoms with Crippen LogP contribution in [-0.4, -0.2) is 23.0 Å². The van der Waals surface area contributed by atoms with Crippen molar-refractivity contribution in [2.45, 2.75) is 6.61 Å². The van der Waals surface area contributed by atoms with E-state index in [0.29, 0.717) is 44.3 Å². The van der Waals surface area contributed by atoms with E-state index in [1.165, 1.54) is 18.0 Å². The maximum Gasteiger partial charge on any atom is 0.282 e. The Morgan fingerprint density at radius 2 is 1.80 bits per heavy atom. The summed E-state index contributed by atoms with van der Waals surface area (Å²) < 4.78 is 20.0. The number of aromatic nitrogens is 2. The average Bonchev–Trinajstić information content (AvgIpc) is 3.41. The number of fused-ring (bicyclic) bond motifs is 2. The average molecular weight is 615 g/mol. The van der Waals surface area contributed by atoms with Crippen LogP contribution in [0.2, 0.25) is 5.02 Å². The summed E-state index contributed by atoms with van der Waals surface area (Å²) >= 11 is 9.85. The number of hydrogen-bond acceptors (Lipinski definition) is 6. The van der Waals surface area contributed by atoms with Crippen LogP contribution in [0.4, 0.5) is 0 Å². The van der Waals surface area contributed by atoms with Crippen molar-refractivity contribution in [2.24, 2.45) is 5.10 Å². The van der Waals surface area contributed by atoms with E-state index in [0.717, 1.165) is 15.4 Å². The van der Waals surface area contributed by atoms with E-state index in [-0.39, 0.29) is 18.0 Å². The van der Waals surface area contributed by atoms with Crippen molar-refractivity contribution in [1.29, 1.82) is 0 Å². The molecule has 0 aliphatic carbocycles. The Bertz CT molecular complexity index is 1910. The zero-order chi connectivity index (χ0) is 27.6. The lowest BCUT2D eigenvalue weighted by Gasteiger charge is -2.14. The fraction of sp³-hybridized carbons (Fsp3) is 0.0645. The second-order valence-corrected chi connectivity index (χ2v) is 10.3. The summed E-state index contributed by atoms with van der Waals surface area (Å²) in [5.41, 5.74) is 2.36. The predicted molar refractivity (Wildman–Crippen MR) is 161 cm³/mol. The van der Waals surface area contributed by atoms with Crippen molar-refractivity contribution >= 4 is 55.6 Å². The third-order valence-electron chi connectivity index (χ3n) is 6.28. The highest BCUT2D eigenvalue weighted by Gasteiger charge is 2.17. The van der Waals surface area contributed by atoms with Gasteiger partial charge in [0.2, 0.25) is 5.82 Å². The number of rotatable bonds is 7. The molecule has 0 spiro atoms. The number of methoxy groups -OCH3 is 1. The summed E-state index contributed by atoms with van der Waals surface area (Å²) in [5.74, 6) is 1.55. The zero-order valence-electron chi connectivity index (χ0n) is 21.2. The number of hydrogen-bond donors (Lipinski definition) is 0. The summed E-state index contributed by atoms with van der Waals surface area (Å²) in [4.78, 5) is 18.4. The van der Waals surface area contributed by atoms with Gasteiger partial charge in [0.15, 0.2) is 17.3 Å². The van der Waals surface area contributed by atoms with Crippen LogP contribution in [0.1, 0.15) is 11.1 Å². The van der Waals surface area contributed by atoms with Gasteiger partial charge in [0.05, 0.1) is 24.2 Å². The molecule has 4 aromatic carbocycles. The number of para-hydroxylation sites is 2. The van der Waals surface area contributed by atoms with Gasteiger partial charge in [-0.3, -0.25) is 4.79 Å². The first-order chi connectivity index (χ1) is 19.5. The molecule has 0 atom stereocenters. The Kier molecular flexibility index (Phi) is 7.11. The molecular weight excluding hydrogens is 594 g/mol. The van der Waals surface area contributed by atoms with Crippen LogP contribution < -0.4 is 15.0 Å². The van der Waals surface area contributed by atoms with Crippen LogP contribution >= 0.6 is 27.5 Å². The lowest BCUT2D eigenvalue weighted by molar-refractivity contribution is 0.284. The van der Waals surface area contributed by atoms with Crippen molar-refractivity contribution in [3.05, 3.63) is 122 Å². The van der Waals surface area contributed by atoms with Gasteiger partial charge in [-0.1, -0.05) is 70.0 Å². The maximum absolute atomic E-state index is 13.7. The zero-order valence-corrected chi connectivity index (χ0v) is 23.5. The van der Waals surface area contributed by atoms with Crippen LogP contribution in [0.5, 0.6) is 11.5 Å². The second-order valence-electron chi connectivity index (χ2n) is 8.90. The number of nitrogens with zero attached hydrogens (tertiary/aromatic N) is 3. The van der Waals surface area contributed by atoms with Gasteiger partial charge in [-0.05, 0) is 48.0 Å². The van der Waals surface area contributed by atoms with Gasteiger partial charge in [-0.25, -0.2) is 4.98 Å². The Morgan fingerprint density at radius 1 is 1.02 bits per heavy atom. The number of halogens is 2. The number of ether oxygens (including phenoxy) is 2. The van der Waals surface area contributed by atoms with Crippen LogP contribution in [0.25, 0.3) is 33.5 Å². The minimum atomic E-state index is -0.344. The third-order valence-corrected chi connectivity index (χ3v) is 7.02. The van der Waals surface area contributed by atoms with Crippen LogP contribution in [-0.2, 0) is 6.61 Å². The smallest absolute Gasteiger partial charge is 0.282 e. The molecule has 0 amide bonds. The minimum Gasteiger partial charge on any atom is -0.493 e. The topological polar surface area (TPSA) is 78.9 Å². The van der Waals surface area contributed by atoms with Crippen molar-refractivity contribution in [3.8, 4) is 23.1 Å². The molecule has 0 N–H and O–H groups in total. The quantitative estimate of drug-likeness (QED) is 0.172. The molecule has 0 saturated carbocycles. The first-order valence-electron chi connectivity index (χ1n) is 12.3. The molecule has 0 bridgehead atoms. The van der Waals surface area contributed by atoms with E-state index >= 15 is 0 Å². The highest BCUT2D eigenvalue weighted by Crippen LogP contribution is 2.35. The van der Waals surface area contributed by atoms with Crippen molar-refractivity contribution in [2.75, 3.05) is 7.11 Å². The van der Waals surface area contributed by atoms with Crippen molar-refractivity contribution in [1.82, 2.24) is 9.66 Å². The molecule has 0 aliphatic heterocycles. The normalized spacial score (nSPS) is 11.5. The molecule has 6 rings (SSSR count). The fourth-order valence-corrected chi connectivity index (χ4v) is 4.81. The molecule has 0 unspecified atom stereocenters. The Hall–Kier alpha value is -4.40. The number of benzene rings is 4. The van der Waals surface area contributed by atoms with Crippen molar-refractivity contribution < 1.29 is 13.9 Å². The van der Waals surface area contributed by atoms with Gasteiger partial charge in [0.25, 0.3) is 5.56 Å². The SMILES string of the molecule is COc1cc(Cl)cc(C=Nn2c(-c3cc4ccccc4o3)nc3ccccc3c2=O)c1OCc1ccc(Br)cc1. The van der Waals surface area contributed by atoms with E-state index in [1.807, 2.05) is 60.7 Å². The molecule has 0 aliphatic rings. The highest BCUT2D eigenvalue weighted by atomic mass is 79.9. The summed E-state index contributed by atoms with van der Waals surface area (Å²) in [6.07, 6.45) is 1.51. The molecule has 0 radical (unpaired) electrons. The van der Waals surface area contributed by atoms with Crippen LogP contribution in [0.15, 0.2) is 110 Å². The van der Waals surface area contributed by atoms with Gasteiger partial charge in [0.1, 0.15) is 12.2 Å². The Labute approximate surface area is 242 Å². The van der Waals surface area contributed by atoms with E-state index in [4.69, 9.17) is 30.5 Å². The molecule has 7 nitrogen and oxygen atoms in total. The molecule has 198 valence electrons. The molecule has 0 saturated heterocycles. The van der Waals surface area contributed by atoms with Gasteiger partial charge < -0.3 is 13.9 Å². The summed E-state index contributed by atoms with van der Waals surface area (Å²) in [6, 6.07) is 27.7. The van der Waals surface area contributed by atoms with Gasteiger partial charge in [-0.15, -0.1) is 0 Å². The standard InChI is InChI=1S/C31H21BrClN3O4/c1-38-27-16-23(33)14-21(29(27)39-18-19-10-12-22(32)13-11-19)17-34-36-30(28-15-20-6-2-5-9-26(20)40-28)35-25-8-4-3-7-24(25)31(36)37/h2-17H,18H2,1H3. The fourth-order valence-electron chi connectivity index (χ4n) is 4.33. The maximum atomic E-state index is 13.7. The molecule has 2 heterocycles. The number of furan rings is 1. The molecule has 9 heteroatoms. The molecule has 0 fully saturated rings. The van der Waals surface area contributed by atoms with Gasteiger partial charge in [-0.2, -0.15) is 9.78 Å². The summed E-state index contributed by atoms with van der Waals surface area (Å²) in [7, 11) is 1.54. The first kappa shape index (κ1) is 25.9. The Balaban J connectivity index is 1.47. The largest absolute Gasteiger partial charge is 0.493 e. The van der Waals surface area contributed by atoms with E-state index in [1.54, 1.807) is 30.3 Å². The van der Waals surface area contributed by atoms with Gasteiger partial charge in [0, 0.05) is 26.5 Å². The first-order valence-corrected chi connectivity index (χ1v) is 13.5. The summed E-state index contributed by atoms with van der Waals surface area (Å²) in [5, 5.41) is 6.31. The van der Waals surface area contributed by atoms with Gasteiger partial charge >= 0.3 is 0 Å². The lowest BCUT2D eigenvalue weighted by atomic mass is 10.2. The van der Waals surface area contributed by atoms with E-state index < -0.39 is 0 Å². The Morgan fingerprint density at radius 3 is 2.60 bits per heavy atom. The molecule has 40 heavy (non-hydrogen) atoms. The summed E-state index contributed by atoms with van der Waals surface area (Å²) in [6.45, 7) is 0.286. The van der Waals surface area contributed by atoms with E-state index in [2.05, 4.69) is 21.0 Å².